The van der Waals surface area contributed by atoms with Gasteiger partial charge in [-0.25, -0.2) is 0 Å². The molecule has 5 heteroatoms. The molecule has 72 valence electrons. The number of carbonyl (C=O) groups is 2. The molecule has 0 aromatic carbocycles. The van der Waals surface area contributed by atoms with Gasteiger partial charge in [0.25, 0.3) is 0 Å². The van der Waals surface area contributed by atoms with Crippen molar-refractivity contribution in [1.29, 1.82) is 5.26 Å². The van der Waals surface area contributed by atoms with Crippen LogP contribution in [0.3, 0.4) is 0 Å². The Hall–Kier alpha value is -1.41. The van der Waals surface area contributed by atoms with Gasteiger partial charge < -0.3 is 10.2 Å². The van der Waals surface area contributed by atoms with Crippen LogP contribution < -0.4 is 0 Å². The van der Waals surface area contributed by atoms with Gasteiger partial charge in [-0.3, -0.25) is 9.59 Å². The molecule has 0 saturated carbocycles. The van der Waals surface area contributed by atoms with Crippen LogP contribution >= 0.6 is 0 Å². The van der Waals surface area contributed by atoms with E-state index in [2.05, 4.69) is 0 Å². The smallest absolute Gasteiger partial charge is 0.314 e. The molecule has 13 heavy (non-hydrogen) atoms. The van der Waals surface area contributed by atoms with E-state index in [1.165, 1.54) is 13.0 Å². The lowest BCUT2D eigenvalue weighted by Crippen LogP contribution is -2.32. The monoisotopic (exact) mass is 185 g/mol. The number of nitrogens with zero attached hydrogens (tertiary/aromatic N) is 1. The van der Waals surface area contributed by atoms with Gasteiger partial charge in [-0.15, -0.1) is 0 Å². The Morgan fingerprint density at radius 2 is 2.08 bits per heavy atom. The normalized spacial score (nSPS) is 16.8. The molecule has 2 N–H and O–H groups in total. The first-order chi connectivity index (χ1) is 5.80. The van der Waals surface area contributed by atoms with Crippen LogP contribution in [0.4, 0.5) is 0 Å². The summed E-state index contributed by atoms with van der Waals surface area (Å²) in [5.74, 6) is -3.19. The SMILES string of the molecule is CC(=O)C(CC(C)(O)C#N)C(=O)O. The van der Waals surface area contributed by atoms with Gasteiger partial charge >= 0.3 is 5.97 Å². The minimum absolute atomic E-state index is 0.381. The molecule has 2 atom stereocenters. The van der Waals surface area contributed by atoms with E-state index in [9.17, 15) is 14.7 Å². The molecule has 0 spiro atoms. The summed E-state index contributed by atoms with van der Waals surface area (Å²) in [6, 6.07) is 1.52. The molecule has 0 aliphatic rings. The summed E-state index contributed by atoms with van der Waals surface area (Å²) >= 11 is 0. The van der Waals surface area contributed by atoms with Crippen molar-refractivity contribution in [2.75, 3.05) is 0 Å². The minimum Gasteiger partial charge on any atom is -0.481 e. The van der Waals surface area contributed by atoms with Crippen LogP contribution in [0, 0.1) is 17.2 Å². The second kappa shape index (κ2) is 4.01. The molecular weight excluding hydrogens is 174 g/mol. The number of aliphatic hydroxyl groups is 1. The molecule has 0 radical (unpaired) electrons. The first kappa shape index (κ1) is 11.6. The molecule has 0 saturated heterocycles. The predicted octanol–water partition coefficient (Wildman–Crippen LogP) is -0.0591. The highest BCUT2D eigenvalue weighted by Crippen LogP contribution is 2.17. The fourth-order valence-electron chi connectivity index (χ4n) is 0.848. The molecule has 0 aliphatic carbocycles. The van der Waals surface area contributed by atoms with Gasteiger partial charge in [-0.1, -0.05) is 0 Å². The summed E-state index contributed by atoms with van der Waals surface area (Å²) in [4.78, 5) is 21.3. The van der Waals surface area contributed by atoms with E-state index < -0.39 is 23.3 Å². The average molecular weight is 185 g/mol. The number of nitriles is 1. The van der Waals surface area contributed by atoms with E-state index in [1.54, 1.807) is 0 Å². The fourth-order valence-corrected chi connectivity index (χ4v) is 0.848. The van der Waals surface area contributed by atoms with Gasteiger partial charge in [0.05, 0.1) is 6.07 Å². The summed E-state index contributed by atoms with van der Waals surface area (Å²) < 4.78 is 0. The van der Waals surface area contributed by atoms with Crippen molar-refractivity contribution >= 4 is 11.8 Å². The number of aliphatic carboxylic acids is 1. The van der Waals surface area contributed by atoms with Crippen molar-refractivity contribution in [2.24, 2.45) is 5.92 Å². The number of ketones is 1. The van der Waals surface area contributed by atoms with Gasteiger partial charge in [0.1, 0.15) is 17.3 Å². The largest absolute Gasteiger partial charge is 0.481 e. The van der Waals surface area contributed by atoms with Crippen LogP contribution in [0.15, 0.2) is 0 Å². The molecule has 0 heterocycles. The maximum atomic E-state index is 10.8. The predicted molar refractivity (Wildman–Crippen MR) is 42.7 cm³/mol. The number of rotatable bonds is 4. The minimum atomic E-state index is -1.77. The van der Waals surface area contributed by atoms with Gasteiger partial charge in [-0.05, 0) is 13.8 Å². The lowest BCUT2D eigenvalue weighted by molar-refractivity contribution is -0.147. The number of Topliss-reactive ketones (excluding diaryl/α,β-unsaturated/α-hetero) is 1. The molecule has 0 aromatic rings. The number of carboxylic acid groups (broad SMARTS) is 1. The van der Waals surface area contributed by atoms with Crippen LogP contribution in [0.1, 0.15) is 20.3 Å². The molecule has 0 aliphatic heterocycles. The van der Waals surface area contributed by atoms with Crippen LogP contribution in [0.2, 0.25) is 0 Å². The third-order valence-electron chi connectivity index (χ3n) is 1.63. The molecule has 0 bridgehead atoms. The molecule has 0 amide bonds. The third kappa shape index (κ3) is 3.67. The Balaban J connectivity index is 4.56. The Bertz CT molecular complexity index is 250. The van der Waals surface area contributed by atoms with Crippen LogP contribution in [0.25, 0.3) is 0 Å². The summed E-state index contributed by atoms with van der Waals surface area (Å²) in [5.41, 5.74) is -1.77. The zero-order chi connectivity index (χ0) is 10.6. The molecule has 5 nitrogen and oxygen atoms in total. The number of hydrogen-bond acceptors (Lipinski definition) is 4. The Kier molecular flexibility index (Phi) is 3.57. The highest BCUT2D eigenvalue weighted by Gasteiger charge is 2.32. The first-order valence-electron chi connectivity index (χ1n) is 3.67. The van der Waals surface area contributed by atoms with Crippen molar-refractivity contribution in [3.05, 3.63) is 0 Å². The lowest BCUT2D eigenvalue weighted by atomic mass is 9.91. The zero-order valence-electron chi connectivity index (χ0n) is 7.44. The Morgan fingerprint density at radius 3 is 2.31 bits per heavy atom. The second-order valence-corrected chi connectivity index (χ2v) is 3.09. The quantitative estimate of drug-likeness (QED) is 0.472. The lowest BCUT2D eigenvalue weighted by Gasteiger charge is -2.17. The number of carboxylic acids is 1. The fraction of sp³-hybridized carbons (Fsp3) is 0.625. The first-order valence-corrected chi connectivity index (χ1v) is 3.67. The van der Waals surface area contributed by atoms with Crippen LogP contribution in [0.5, 0.6) is 0 Å². The van der Waals surface area contributed by atoms with Gasteiger partial charge in [0.15, 0.2) is 0 Å². The summed E-state index contributed by atoms with van der Waals surface area (Å²) in [6.07, 6.45) is -0.381. The highest BCUT2D eigenvalue weighted by atomic mass is 16.4. The van der Waals surface area contributed by atoms with Crippen molar-refractivity contribution in [1.82, 2.24) is 0 Å². The van der Waals surface area contributed by atoms with Gasteiger partial charge in [0, 0.05) is 6.42 Å². The maximum absolute atomic E-state index is 10.8. The number of carbonyl (C=O) groups excluding carboxylic acids is 1. The molecular formula is C8H11NO4. The van der Waals surface area contributed by atoms with E-state index in [0.29, 0.717) is 0 Å². The standard InChI is InChI=1S/C8H11NO4/c1-5(10)6(7(11)12)3-8(2,13)4-9/h6,13H,3H2,1-2H3,(H,11,12). The summed E-state index contributed by atoms with van der Waals surface area (Å²) in [5, 5.41) is 26.2. The Morgan fingerprint density at radius 1 is 1.62 bits per heavy atom. The summed E-state index contributed by atoms with van der Waals surface area (Å²) in [6.45, 7) is 2.29. The van der Waals surface area contributed by atoms with E-state index in [-0.39, 0.29) is 6.42 Å². The number of hydrogen-bond donors (Lipinski definition) is 2. The Labute approximate surface area is 75.6 Å². The van der Waals surface area contributed by atoms with Gasteiger partial charge in [0.2, 0.25) is 0 Å². The van der Waals surface area contributed by atoms with E-state index in [0.717, 1.165) is 6.92 Å². The van der Waals surface area contributed by atoms with E-state index >= 15 is 0 Å². The summed E-state index contributed by atoms with van der Waals surface area (Å²) in [7, 11) is 0. The second-order valence-electron chi connectivity index (χ2n) is 3.09. The van der Waals surface area contributed by atoms with Crippen molar-refractivity contribution in [2.45, 2.75) is 25.9 Å². The molecule has 0 aromatic heterocycles. The molecule has 0 rings (SSSR count). The topological polar surface area (TPSA) is 98.4 Å². The van der Waals surface area contributed by atoms with E-state index in [4.69, 9.17) is 10.4 Å². The third-order valence-corrected chi connectivity index (χ3v) is 1.63. The van der Waals surface area contributed by atoms with E-state index in [1.807, 2.05) is 0 Å². The maximum Gasteiger partial charge on any atom is 0.314 e. The average Bonchev–Trinajstić information content (AvgIpc) is 1.99. The van der Waals surface area contributed by atoms with Crippen molar-refractivity contribution in [3.8, 4) is 6.07 Å². The van der Waals surface area contributed by atoms with Gasteiger partial charge in [-0.2, -0.15) is 5.26 Å². The van der Waals surface area contributed by atoms with Crippen LogP contribution in [-0.4, -0.2) is 27.6 Å². The van der Waals surface area contributed by atoms with Crippen molar-refractivity contribution < 1.29 is 19.8 Å². The van der Waals surface area contributed by atoms with Crippen molar-refractivity contribution in [3.63, 3.8) is 0 Å². The molecule has 0 fully saturated rings. The van der Waals surface area contributed by atoms with Crippen LogP contribution in [-0.2, 0) is 9.59 Å². The highest BCUT2D eigenvalue weighted by molar-refractivity contribution is 5.96. The molecule has 2 unspecified atom stereocenters. The zero-order valence-corrected chi connectivity index (χ0v) is 7.44.